The number of nitrogens with two attached hydrogens (primary N) is 1. The zero-order valence-electron chi connectivity index (χ0n) is 15.7. The molecule has 0 radical (unpaired) electrons. The SMILES string of the molecule is CC(C(=O)NN)c1cc(N2CCOCC2)cc(NC(=O)OC(C)(C)C)n1. The van der Waals surface area contributed by atoms with Crippen molar-refractivity contribution in [1.29, 1.82) is 0 Å². The number of morpholine rings is 1. The number of hydrogen-bond acceptors (Lipinski definition) is 7. The van der Waals surface area contributed by atoms with Crippen molar-refractivity contribution in [3.8, 4) is 0 Å². The molecule has 2 rings (SSSR count). The van der Waals surface area contributed by atoms with Crippen LogP contribution < -0.4 is 21.5 Å². The molecular weight excluding hydrogens is 338 g/mol. The second-order valence-corrected chi connectivity index (χ2v) is 7.09. The van der Waals surface area contributed by atoms with Crippen LogP contribution in [0.25, 0.3) is 0 Å². The van der Waals surface area contributed by atoms with E-state index >= 15 is 0 Å². The maximum atomic E-state index is 12.1. The fourth-order valence-corrected chi connectivity index (χ4v) is 2.49. The van der Waals surface area contributed by atoms with Gasteiger partial charge in [0.25, 0.3) is 0 Å². The number of carbonyl (C=O) groups excluding carboxylic acids is 2. The summed E-state index contributed by atoms with van der Waals surface area (Å²) >= 11 is 0. The van der Waals surface area contributed by atoms with Crippen molar-refractivity contribution in [1.82, 2.24) is 10.4 Å². The fraction of sp³-hybridized carbons (Fsp3) is 0.588. The van der Waals surface area contributed by atoms with Gasteiger partial charge in [-0.15, -0.1) is 0 Å². The standard InChI is InChI=1S/C17H27N5O4/c1-11(15(23)21-18)13-9-12(22-5-7-25-8-6-22)10-14(19-13)20-16(24)26-17(2,3)4/h9-11H,5-8,18H2,1-4H3,(H,21,23)(H,19,20,24). The Morgan fingerprint density at radius 3 is 2.54 bits per heavy atom. The van der Waals surface area contributed by atoms with Gasteiger partial charge in [0.1, 0.15) is 11.4 Å². The van der Waals surface area contributed by atoms with Crippen LogP contribution in [0.3, 0.4) is 0 Å². The molecular formula is C17H27N5O4. The van der Waals surface area contributed by atoms with Crippen LogP contribution in [0.5, 0.6) is 0 Å². The van der Waals surface area contributed by atoms with E-state index in [2.05, 4.69) is 20.6 Å². The van der Waals surface area contributed by atoms with Crippen LogP contribution >= 0.6 is 0 Å². The van der Waals surface area contributed by atoms with Gasteiger partial charge in [-0.25, -0.2) is 15.6 Å². The molecule has 2 amide bonds. The van der Waals surface area contributed by atoms with E-state index in [-0.39, 0.29) is 5.91 Å². The van der Waals surface area contributed by atoms with Crippen molar-refractivity contribution in [2.24, 2.45) is 5.84 Å². The highest BCUT2D eigenvalue weighted by molar-refractivity contribution is 5.85. The Kier molecular flexibility index (Phi) is 6.38. The summed E-state index contributed by atoms with van der Waals surface area (Å²) in [6, 6.07) is 3.58. The van der Waals surface area contributed by atoms with Gasteiger partial charge in [0, 0.05) is 24.8 Å². The van der Waals surface area contributed by atoms with E-state index < -0.39 is 17.6 Å². The number of rotatable bonds is 4. The number of carbonyl (C=O) groups is 2. The van der Waals surface area contributed by atoms with E-state index in [1.807, 2.05) is 6.07 Å². The van der Waals surface area contributed by atoms with E-state index in [1.165, 1.54) is 0 Å². The van der Waals surface area contributed by atoms with Gasteiger partial charge in [-0.2, -0.15) is 0 Å². The number of amides is 2. The molecule has 1 aromatic rings. The molecule has 0 spiro atoms. The second kappa shape index (κ2) is 8.33. The maximum Gasteiger partial charge on any atom is 0.413 e. The molecule has 9 heteroatoms. The zero-order valence-corrected chi connectivity index (χ0v) is 15.7. The number of ether oxygens (including phenoxy) is 2. The molecule has 1 aromatic heterocycles. The number of aromatic nitrogens is 1. The van der Waals surface area contributed by atoms with Crippen LogP contribution in [0, 0.1) is 0 Å². The summed E-state index contributed by atoms with van der Waals surface area (Å²) in [6.07, 6.45) is -0.606. The molecule has 144 valence electrons. The highest BCUT2D eigenvalue weighted by Crippen LogP contribution is 2.25. The van der Waals surface area contributed by atoms with Crippen LogP contribution in [0.15, 0.2) is 12.1 Å². The highest BCUT2D eigenvalue weighted by atomic mass is 16.6. The van der Waals surface area contributed by atoms with E-state index in [4.69, 9.17) is 15.3 Å². The fourth-order valence-electron chi connectivity index (χ4n) is 2.49. The summed E-state index contributed by atoms with van der Waals surface area (Å²) < 4.78 is 10.6. The zero-order chi connectivity index (χ0) is 19.3. The Hall–Kier alpha value is -2.39. The lowest BCUT2D eigenvalue weighted by atomic mass is 10.1. The van der Waals surface area contributed by atoms with Gasteiger partial charge in [-0.3, -0.25) is 15.5 Å². The predicted molar refractivity (Wildman–Crippen MR) is 97.9 cm³/mol. The maximum absolute atomic E-state index is 12.1. The molecule has 0 aromatic carbocycles. The quantitative estimate of drug-likeness (QED) is 0.419. The first-order valence-corrected chi connectivity index (χ1v) is 8.55. The van der Waals surface area contributed by atoms with Gasteiger partial charge in [0.15, 0.2) is 0 Å². The molecule has 1 saturated heterocycles. The summed E-state index contributed by atoms with van der Waals surface area (Å²) in [5.74, 6) is 4.62. The van der Waals surface area contributed by atoms with Gasteiger partial charge in [0.05, 0.1) is 24.8 Å². The number of pyridine rings is 1. The molecule has 4 N–H and O–H groups in total. The van der Waals surface area contributed by atoms with Gasteiger partial charge in [0.2, 0.25) is 5.91 Å². The first kappa shape index (κ1) is 19.9. The summed E-state index contributed by atoms with van der Waals surface area (Å²) in [7, 11) is 0. The van der Waals surface area contributed by atoms with E-state index in [0.29, 0.717) is 37.8 Å². The second-order valence-electron chi connectivity index (χ2n) is 7.09. The van der Waals surface area contributed by atoms with Crippen LogP contribution in [-0.2, 0) is 14.3 Å². The summed E-state index contributed by atoms with van der Waals surface area (Å²) in [5.41, 5.74) is 2.86. The minimum Gasteiger partial charge on any atom is -0.444 e. The average molecular weight is 365 g/mol. The highest BCUT2D eigenvalue weighted by Gasteiger charge is 2.22. The Balaban J connectivity index is 2.30. The Labute approximate surface area is 153 Å². The number of hydrogen-bond donors (Lipinski definition) is 3. The van der Waals surface area contributed by atoms with Gasteiger partial charge >= 0.3 is 6.09 Å². The van der Waals surface area contributed by atoms with Crippen molar-refractivity contribution < 1.29 is 19.1 Å². The molecule has 1 aliphatic heterocycles. The number of hydrazine groups is 1. The molecule has 0 bridgehead atoms. The summed E-state index contributed by atoms with van der Waals surface area (Å²) in [5, 5.41) is 2.64. The average Bonchev–Trinajstić information content (AvgIpc) is 2.59. The first-order chi connectivity index (χ1) is 12.2. The topological polar surface area (TPSA) is 119 Å². The van der Waals surface area contributed by atoms with E-state index in [1.54, 1.807) is 33.8 Å². The molecule has 1 fully saturated rings. The lowest BCUT2D eigenvalue weighted by Crippen LogP contribution is -2.37. The number of nitrogens with one attached hydrogen (secondary N) is 2. The molecule has 1 atom stereocenters. The molecule has 1 aliphatic rings. The third-order valence-corrected chi connectivity index (χ3v) is 3.81. The predicted octanol–water partition coefficient (Wildman–Crippen LogP) is 1.36. The Morgan fingerprint density at radius 2 is 1.96 bits per heavy atom. The minimum absolute atomic E-state index is 0.315. The molecule has 1 unspecified atom stereocenters. The summed E-state index contributed by atoms with van der Waals surface area (Å²) in [6.45, 7) is 9.71. The Morgan fingerprint density at radius 1 is 1.31 bits per heavy atom. The van der Waals surface area contributed by atoms with Crippen LogP contribution in [0.1, 0.15) is 39.3 Å². The third-order valence-electron chi connectivity index (χ3n) is 3.81. The van der Waals surface area contributed by atoms with Gasteiger partial charge in [-0.1, -0.05) is 0 Å². The lowest BCUT2D eigenvalue weighted by molar-refractivity contribution is -0.122. The van der Waals surface area contributed by atoms with Crippen LogP contribution in [-0.4, -0.2) is 48.9 Å². The molecule has 26 heavy (non-hydrogen) atoms. The van der Waals surface area contributed by atoms with Crippen molar-refractivity contribution in [3.63, 3.8) is 0 Å². The van der Waals surface area contributed by atoms with Gasteiger partial charge in [-0.05, 0) is 33.8 Å². The number of nitrogens with zero attached hydrogens (tertiary/aromatic N) is 2. The molecule has 2 heterocycles. The Bertz CT molecular complexity index is 653. The molecule has 0 saturated carbocycles. The van der Waals surface area contributed by atoms with Crippen molar-refractivity contribution >= 4 is 23.5 Å². The first-order valence-electron chi connectivity index (χ1n) is 8.55. The van der Waals surface area contributed by atoms with E-state index in [0.717, 1.165) is 5.69 Å². The van der Waals surface area contributed by atoms with Crippen LogP contribution in [0.4, 0.5) is 16.3 Å². The molecule has 0 aliphatic carbocycles. The minimum atomic E-state index is -0.624. The van der Waals surface area contributed by atoms with E-state index in [9.17, 15) is 9.59 Å². The third kappa shape index (κ3) is 5.57. The van der Waals surface area contributed by atoms with Crippen molar-refractivity contribution in [2.45, 2.75) is 39.2 Å². The normalized spacial score (nSPS) is 16.0. The lowest BCUT2D eigenvalue weighted by Gasteiger charge is -2.29. The van der Waals surface area contributed by atoms with Crippen molar-refractivity contribution in [2.75, 3.05) is 36.5 Å². The van der Waals surface area contributed by atoms with Crippen LogP contribution in [0.2, 0.25) is 0 Å². The van der Waals surface area contributed by atoms with Crippen molar-refractivity contribution in [3.05, 3.63) is 17.8 Å². The van der Waals surface area contributed by atoms with Gasteiger partial charge < -0.3 is 14.4 Å². The molecule has 9 nitrogen and oxygen atoms in total. The smallest absolute Gasteiger partial charge is 0.413 e. The summed E-state index contributed by atoms with van der Waals surface area (Å²) in [4.78, 5) is 30.5. The number of anilines is 2. The largest absolute Gasteiger partial charge is 0.444 e. The monoisotopic (exact) mass is 365 g/mol.